The highest BCUT2D eigenvalue weighted by Crippen LogP contribution is 2.11. The third kappa shape index (κ3) is 3.95. The van der Waals surface area contributed by atoms with Crippen LogP contribution in [0.25, 0.3) is 0 Å². The van der Waals surface area contributed by atoms with Crippen LogP contribution in [0.2, 0.25) is 0 Å². The summed E-state index contributed by atoms with van der Waals surface area (Å²) >= 11 is 0. The van der Waals surface area contributed by atoms with E-state index < -0.39 is 0 Å². The van der Waals surface area contributed by atoms with Crippen molar-refractivity contribution >= 4 is 11.8 Å². The van der Waals surface area contributed by atoms with Crippen molar-refractivity contribution in [1.29, 1.82) is 0 Å². The van der Waals surface area contributed by atoms with Crippen LogP contribution in [-0.4, -0.2) is 96.4 Å². The SMILES string of the molecule is CCN1CCN(C(=O)C(C)N2CCN(C(C)=O)CC2)CC1. The number of carbonyl (C=O) groups excluding carboxylic acids is 2. The molecule has 6 heteroatoms. The summed E-state index contributed by atoms with van der Waals surface area (Å²) in [6, 6.07) is -0.0766. The fourth-order valence-corrected chi connectivity index (χ4v) is 3.13. The van der Waals surface area contributed by atoms with Crippen molar-refractivity contribution in [3.63, 3.8) is 0 Å². The summed E-state index contributed by atoms with van der Waals surface area (Å²) in [4.78, 5) is 32.4. The van der Waals surface area contributed by atoms with Gasteiger partial charge in [0.1, 0.15) is 0 Å². The average Bonchev–Trinajstić information content (AvgIpc) is 2.53. The Labute approximate surface area is 127 Å². The summed E-state index contributed by atoms with van der Waals surface area (Å²) in [6.07, 6.45) is 0. The minimum atomic E-state index is -0.0766. The van der Waals surface area contributed by atoms with Gasteiger partial charge in [0, 0.05) is 59.3 Å². The lowest BCUT2D eigenvalue weighted by Gasteiger charge is -2.40. The molecule has 2 aliphatic heterocycles. The summed E-state index contributed by atoms with van der Waals surface area (Å²) < 4.78 is 0. The van der Waals surface area contributed by atoms with Crippen LogP contribution >= 0.6 is 0 Å². The summed E-state index contributed by atoms with van der Waals surface area (Å²) in [5.74, 6) is 0.367. The first-order valence-electron chi connectivity index (χ1n) is 8.03. The van der Waals surface area contributed by atoms with Gasteiger partial charge in [0.25, 0.3) is 0 Å². The zero-order valence-corrected chi connectivity index (χ0v) is 13.5. The Morgan fingerprint density at radius 1 is 0.905 bits per heavy atom. The van der Waals surface area contributed by atoms with Gasteiger partial charge < -0.3 is 14.7 Å². The van der Waals surface area contributed by atoms with E-state index in [4.69, 9.17) is 0 Å². The van der Waals surface area contributed by atoms with Crippen LogP contribution in [0, 0.1) is 0 Å². The average molecular weight is 296 g/mol. The van der Waals surface area contributed by atoms with Gasteiger partial charge in [-0.1, -0.05) is 6.92 Å². The van der Waals surface area contributed by atoms with Crippen molar-refractivity contribution in [2.45, 2.75) is 26.8 Å². The fourth-order valence-electron chi connectivity index (χ4n) is 3.13. The molecule has 2 saturated heterocycles. The van der Waals surface area contributed by atoms with E-state index >= 15 is 0 Å². The van der Waals surface area contributed by atoms with Gasteiger partial charge >= 0.3 is 0 Å². The van der Waals surface area contributed by atoms with Crippen molar-refractivity contribution in [3.05, 3.63) is 0 Å². The Balaban J connectivity index is 1.82. The lowest BCUT2D eigenvalue weighted by atomic mass is 10.2. The second kappa shape index (κ2) is 7.22. The predicted molar refractivity (Wildman–Crippen MR) is 82.0 cm³/mol. The molecule has 2 aliphatic rings. The van der Waals surface area contributed by atoms with Crippen LogP contribution in [0.3, 0.4) is 0 Å². The standard InChI is InChI=1S/C15H28N4O2/c1-4-16-5-7-19(8-6-16)15(21)13(2)17-9-11-18(12-10-17)14(3)20/h13H,4-12H2,1-3H3. The highest BCUT2D eigenvalue weighted by molar-refractivity contribution is 5.81. The van der Waals surface area contributed by atoms with E-state index in [-0.39, 0.29) is 17.9 Å². The second-order valence-corrected chi connectivity index (χ2v) is 5.98. The van der Waals surface area contributed by atoms with Crippen LogP contribution in [-0.2, 0) is 9.59 Å². The van der Waals surface area contributed by atoms with Gasteiger partial charge in [-0.05, 0) is 13.5 Å². The number of carbonyl (C=O) groups is 2. The highest BCUT2D eigenvalue weighted by Gasteiger charge is 2.30. The molecule has 0 aliphatic carbocycles. The lowest BCUT2D eigenvalue weighted by molar-refractivity contribution is -0.139. The molecule has 6 nitrogen and oxygen atoms in total. The molecule has 0 saturated carbocycles. The monoisotopic (exact) mass is 296 g/mol. The number of likely N-dealkylation sites (N-methyl/N-ethyl adjacent to an activating group) is 1. The number of hydrogen-bond donors (Lipinski definition) is 0. The second-order valence-electron chi connectivity index (χ2n) is 5.98. The van der Waals surface area contributed by atoms with E-state index in [1.807, 2.05) is 16.7 Å². The van der Waals surface area contributed by atoms with E-state index in [9.17, 15) is 9.59 Å². The van der Waals surface area contributed by atoms with E-state index in [2.05, 4.69) is 16.7 Å². The Kier molecular flexibility index (Phi) is 5.58. The molecule has 2 rings (SSSR count). The maximum Gasteiger partial charge on any atom is 0.239 e. The number of amides is 2. The van der Waals surface area contributed by atoms with E-state index in [1.165, 1.54) is 0 Å². The molecule has 120 valence electrons. The molecule has 0 bridgehead atoms. The molecule has 0 aromatic carbocycles. The first-order valence-corrected chi connectivity index (χ1v) is 8.03. The number of hydrogen-bond acceptors (Lipinski definition) is 4. The van der Waals surface area contributed by atoms with E-state index in [0.717, 1.165) is 58.9 Å². The molecular formula is C15H28N4O2. The highest BCUT2D eigenvalue weighted by atomic mass is 16.2. The minimum Gasteiger partial charge on any atom is -0.340 e. The van der Waals surface area contributed by atoms with Gasteiger partial charge in [-0.25, -0.2) is 0 Å². The zero-order chi connectivity index (χ0) is 15.4. The van der Waals surface area contributed by atoms with Crippen LogP contribution in [0.4, 0.5) is 0 Å². The molecule has 2 heterocycles. The summed E-state index contributed by atoms with van der Waals surface area (Å²) in [5.41, 5.74) is 0. The smallest absolute Gasteiger partial charge is 0.239 e. The number of piperazine rings is 2. The third-order valence-corrected chi connectivity index (χ3v) is 4.80. The van der Waals surface area contributed by atoms with Crippen molar-refractivity contribution in [1.82, 2.24) is 19.6 Å². The number of rotatable bonds is 3. The van der Waals surface area contributed by atoms with Crippen LogP contribution in [0.15, 0.2) is 0 Å². The fraction of sp³-hybridized carbons (Fsp3) is 0.867. The van der Waals surface area contributed by atoms with Gasteiger partial charge in [0.05, 0.1) is 6.04 Å². The van der Waals surface area contributed by atoms with Crippen molar-refractivity contribution in [2.24, 2.45) is 0 Å². The number of nitrogens with zero attached hydrogens (tertiary/aromatic N) is 4. The topological polar surface area (TPSA) is 47.1 Å². The van der Waals surface area contributed by atoms with Crippen LogP contribution < -0.4 is 0 Å². The molecule has 1 unspecified atom stereocenters. The lowest BCUT2D eigenvalue weighted by Crippen LogP contribution is -2.57. The molecule has 0 aromatic heterocycles. The molecular weight excluding hydrogens is 268 g/mol. The molecule has 2 amide bonds. The van der Waals surface area contributed by atoms with Crippen molar-refractivity contribution in [2.75, 3.05) is 58.9 Å². The Bertz CT molecular complexity index is 372. The Morgan fingerprint density at radius 3 is 1.90 bits per heavy atom. The van der Waals surface area contributed by atoms with E-state index in [1.54, 1.807) is 6.92 Å². The first kappa shape index (κ1) is 16.2. The molecule has 0 N–H and O–H groups in total. The van der Waals surface area contributed by atoms with Crippen molar-refractivity contribution < 1.29 is 9.59 Å². The summed E-state index contributed by atoms with van der Waals surface area (Å²) in [6.45, 7) is 13.5. The molecule has 2 fully saturated rings. The van der Waals surface area contributed by atoms with Gasteiger partial charge in [-0.15, -0.1) is 0 Å². The zero-order valence-electron chi connectivity index (χ0n) is 13.5. The molecule has 1 atom stereocenters. The van der Waals surface area contributed by atoms with Crippen LogP contribution in [0.1, 0.15) is 20.8 Å². The largest absolute Gasteiger partial charge is 0.340 e. The normalized spacial score (nSPS) is 23.2. The molecule has 0 radical (unpaired) electrons. The Hall–Kier alpha value is -1.14. The van der Waals surface area contributed by atoms with Gasteiger partial charge in [0.2, 0.25) is 11.8 Å². The Morgan fingerprint density at radius 2 is 1.43 bits per heavy atom. The minimum absolute atomic E-state index is 0.0766. The summed E-state index contributed by atoms with van der Waals surface area (Å²) in [5, 5.41) is 0. The predicted octanol–water partition coefficient (Wildman–Crippen LogP) is -0.297. The molecule has 0 aromatic rings. The van der Waals surface area contributed by atoms with Gasteiger partial charge in [0.15, 0.2) is 0 Å². The molecule has 21 heavy (non-hydrogen) atoms. The third-order valence-electron chi connectivity index (χ3n) is 4.80. The molecule has 0 spiro atoms. The summed E-state index contributed by atoms with van der Waals surface area (Å²) in [7, 11) is 0. The maximum absolute atomic E-state index is 12.6. The van der Waals surface area contributed by atoms with Gasteiger partial charge in [-0.2, -0.15) is 0 Å². The van der Waals surface area contributed by atoms with Crippen molar-refractivity contribution in [3.8, 4) is 0 Å². The van der Waals surface area contributed by atoms with E-state index in [0.29, 0.717) is 0 Å². The first-order chi connectivity index (χ1) is 10.0. The quantitative estimate of drug-likeness (QED) is 0.718. The van der Waals surface area contributed by atoms with Gasteiger partial charge in [-0.3, -0.25) is 14.5 Å². The van der Waals surface area contributed by atoms with Crippen LogP contribution in [0.5, 0.6) is 0 Å². The maximum atomic E-state index is 12.6.